The lowest BCUT2D eigenvalue weighted by Gasteiger charge is -2.35. The minimum absolute atomic E-state index is 0.151. The summed E-state index contributed by atoms with van der Waals surface area (Å²) >= 11 is 0. The van der Waals surface area contributed by atoms with Gasteiger partial charge in [0.05, 0.1) is 11.4 Å². The van der Waals surface area contributed by atoms with Crippen LogP contribution < -0.4 is 10.6 Å². The third-order valence-electron chi connectivity index (χ3n) is 5.48. The number of hydrogen-bond donors (Lipinski definition) is 2. The molecular formula is C21H26N2O2Si. The van der Waals surface area contributed by atoms with Gasteiger partial charge < -0.3 is 10.5 Å². The van der Waals surface area contributed by atoms with Gasteiger partial charge in [0.2, 0.25) is 0 Å². The van der Waals surface area contributed by atoms with Crippen LogP contribution in [0.4, 0.5) is 16.2 Å². The van der Waals surface area contributed by atoms with E-state index in [-0.39, 0.29) is 5.04 Å². The molecule has 0 unspecified atom stereocenters. The SMILES string of the molecule is CC(C)(Cc1ccc2c(c1)C=Cc1ccccc1N2C(N)=O)[Si](C)(C)O. The molecule has 0 bridgehead atoms. The molecule has 0 aliphatic carbocycles. The average molecular weight is 367 g/mol. The van der Waals surface area contributed by atoms with Crippen LogP contribution in [0.3, 0.4) is 0 Å². The standard InChI is InChI=1S/C21H26N2O2Si/c1-21(2,26(3,4)25)14-15-9-12-19-17(13-15)11-10-16-7-5-6-8-18(16)23(19)20(22)24/h5-13,25H,14H2,1-4H3,(H2,22,24). The molecule has 2 amide bonds. The van der Waals surface area contributed by atoms with Gasteiger partial charge >= 0.3 is 6.03 Å². The highest BCUT2D eigenvalue weighted by atomic mass is 28.4. The zero-order valence-electron chi connectivity index (χ0n) is 15.8. The topological polar surface area (TPSA) is 66.6 Å². The second-order valence-electron chi connectivity index (χ2n) is 8.08. The fourth-order valence-corrected chi connectivity index (χ4v) is 3.79. The Kier molecular flexibility index (Phi) is 4.54. The van der Waals surface area contributed by atoms with Gasteiger partial charge in [-0.25, -0.2) is 4.79 Å². The summed E-state index contributed by atoms with van der Waals surface area (Å²) in [5.41, 5.74) is 10.3. The molecule has 0 fully saturated rings. The summed E-state index contributed by atoms with van der Waals surface area (Å²) in [4.78, 5) is 24.3. The minimum atomic E-state index is -2.30. The zero-order valence-corrected chi connectivity index (χ0v) is 16.8. The predicted octanol–water partition coefficient (Wildman–Crippen LogP) is 4.91. The largest absolute Gasteiger partial charge is 0.432 e. The number of urea groups is 1. The number of nitrogens with zero attached hydrogens (tertiary/aromatic N) is 1. The van der Waals surface area contributed by atoms with E-state index in [1.807, 2.05) is 61.6 Å². The first-order valence-corrected chi connectivity index (χ1v) is 11.8. The predicted molar refractivity (Wildman–Crippen MR) is 111 cm³/mol. The summed E-state index contributed by atoms with van der Waals surface area (Å²) in [6.07, 6.45) is 4.82. The van der Waals surface area contributed by atoms with Crippen LogP contribution in [0, 0.1) is 0 Å². The van der Waals surface area contributed by atoms with E-state index in [9.17, 15) is 9.59 Å². The number of hydrogen-bond acceptors (Lipinski definition) is 2. The molecule has 0 aromatic heterocycles. The van der Waals surface area contributed by atoms with Crippen molar-refractivity contribution in [1.29, 1.82) is 0 Å². The number of benzene rings is 2. The van der Waals surface area contributed by atoms with Crippen molar-refractivity contribution in [2.75, 3.05) is 4.90 Å². The third kappa shape index (κ3) is 3.32. The van der Waals surface area contributed by atoms with E-state index in [0.717, 1.165) is 34.5 Å². The zero-order chi connectivity index (χ0) is 19.1. The monoisotopic (exact) mass is 366 g/mol. The first kappa shape index (κ1) is 18.4. The van der Waals surface area contributed by atoms with Gasteiger partial charge in [-0.1, -0.05) is 50.3 Å². The first-order chi connectivity index (χ1) is 12.1. The highest BCUT2D eigenvalue weighted by Crippen LogP contribution is 2.41. The number of carbonyl (C=O) groups is 1. The van der Waals surface area contributed by atoms with Gasteiger partial charge in [-0.2, -0.15) is 0 Å². The highest BCUT2D eigenvalue weighted by molar-refractivity contribution is 6.72. The van der Waals surface area contributed by atoms with E-state index >= 15 is 0 Å². The quantitative estimate of drug-likeness (QED) is 0.758. The molecule has 26 heavy (non-hydrogen) atoms. The molecular weight excluding hydrogens is 340 g/mol. The summed E-state index contributed by atoms with van der Waals surface area (Å²) < 4.78 is 0. The lowest BCUT2D eigenvalue weighted by atomic mass is 9.98. The molecule has 0 spiro atoms. The number of amides is 2. The van der Waals surface area contributed by atoms with Crippen LogP contribution in [0.1, 0.15) is 30.5 Å². The molecule has 2 aromatic rings. The smallest absolute Gasteiger partial charge is 0.323 e. The van der Waals surface area contributed by atoms with Crippen molar-refractivity contribution in [1.82, 2.24) is 0 Å². The molecule has 3 rings (SSSR count). The van der Waals surface area contributed by atoms with Gasteiger partial charge in [0.25, 0.3) is 0 Å². The van der Waals surface area contributed by atoms with E-state index in [2.05, 4.69) is 19.9 Å². The van der Waals surface area contributed by atoms with Gasteiger partial charge in [0, 0.05) is 0 Å². The van der Waals surface area contributed by atoms with Crippen molar-refractivity contribution in [2.45, 2.75) is 38.4 Å². The Bertz CT molecular complexity index is 882. The average Bonchev–Trinajstić information content (AvgIpc) is 2.70. The van der Waals surface area contributed by atoms with E-state index < -0.39 is 14.3 Å². The molecule has 0 saturated heterocycles. The summed E-state index contributed by atoms with van der Waals surface area (Å²) in [7, 11) is -2.30. The Morgan fingerprint density at radius 1 is 1.08 bits per heavy atom. The van der Waals surface area contributed by atoms with Gasteiger partial charge in [-0.15, -0.1) is 0 Å². The van der Waals surface area contributed by atoms with Crippen LogP contribution in [0.25, 0.3) is 12.2 Å². The Labute approximate surface area is 156 Å². The Hall–Kier alpha value is -2.37. The van der Waals surface area contributed by atoms with Crippen LogP contribution in [0.15, 0.2) is 42.5 Å². The van der Waals surface area contributed by atoms with Crippen LogP contribution in [0.2, 0.25) is 18.1 Å². The van der Waals surface area contributed by atoms with Crippen molar-refractivity contribution < 1.29 is 9.59 Å². The molecule has 136 valence electrons. The van der Waals surface area contributed by atoms with Crippen LogP contribution in [-0.4, -0.2) is 19.1 Å². The van der Waals surface area contributed by atoms with Crippen molar-refractivity contribution in [3.8, 4) is 0 Å². The van der Waals surface area contributed by atoms with Gasteiger partial charge in [0.1, 0.15) is 0 Å². The fourth-order valence-electron chi connectivity index (χ4n) is 3.16. The molecule has 5 heteroatoms. The maximum absolute atomic E-state index is 12.2. The number of carbonyl (C=O) groups excluding carboxylic acids is 1. The van der Waals surface area contributed by atoms with E-state index in [4.69, 9.17) is 5.73 Å². The molecule has 3 N–H and O–H groups in total. The van der Waals surface area contributed by atoms with E-state index in [1.54, 1.807) is 4.90 Å². The molecule has 0 atom stereocenters. The normalized spacial score (nSPS) is 13.8. The number of fused-ring (bicyclic) bond motifs is 2. The number of rotatable bonds is 3. The molecule has 0 radical (unpaired) electrons. The van der Waals surface area contributed by atoms with Crippen molar-refractivity contribution in [2.24, 2.45) is 5.73 Å². The summed E-state index contributed by atoms with van der Waals surface area (Å²) in [5, 5.41) is -0.151. The van der Waals surface area contributed by atoms with Gasteiger partial charge in [-0.05, 0) is 59.4 Å². The lowest BCUT2D eigenvalue weighted by Crippen LogP contribution is -2.40. The van der Waals surface area contributed by atoms with Crippen LogP contribution in [-0.2, 0) is 6.42 Å². The van der Waals surface area contributed by atoms with Crippen molar-refractivity contribution in [3.05, 3.63) is 59.2 Å². The number of anilines is 2. The summed E-state index contributed by atoms with van der Waals surface area (Å²) in [5.74, 6) is 0. The molecule has 1 aliphatic rings. The molecule has 1 aliphatic heterocycles. The number of primary amides is 1. The van der Waals surface area contributed by atoms with Crippen molar-refractivity contribution >= 4 is 37.9 Å². The van der Waals surface area contributed by atoms with Gasteiger partial charge in [-0.3, -0.25) is 4.90 Å². The molecule has 0 saturated carbocycles. The van der Waals surface area contributed by atoms with Crippen LogP contribution in [0.5, 0.6) is 0 Å². The molecule has 1 heterocycles. The first-order valence-electron chi connectivity index (χ1n) is 8.82. The second kappa shape index (κ2) is 6.41. The number of nitrogens with two attached hydrogens (primary N) is 1. The summed E-state index contributed by atoms with van der Waals surface area (Å²) in [6.45, 7) is 8.18. The number of para-hydroxylation sites is 1. The van der Waals surface area contributed by atoms with Gasteiger partial charge in [0.15, 0.2) is 8.32 Å². The molecule has 2 aromatic carbocycles. The lowest BCUT2D eigenvalue weighted by molar-refractivity contribution is 0.256. The highest BCUT2D eigenvalue weighted by Gasteiger charge is 2.38. The van der Waals surface area contributed by atoms with E-state index in [0.29, 0.717) is 0 Å². The second-order valence-corrected chi connectivity index (χ2v) is 12.6. The van der Waals surface area contributed by atoms with Crippen molar-refractivity contribution in [3.63, 3.8) is 0 Å². The minimum Gasteiger partial charge on any atom is -0.432 e. The Balaban J connectivity index is 2.06. The molecule has 4 nitrogen and oxygen atoms in total. The maximum atomic E-state index is 12.2. The Morgan fingerprint density at radius 2 is 1.69 bits per heavy atom. The van der Waals surface area contributed by atoms with Crippen LogP contribution >= 0.6 is 0 Å². The van der Waals surface area contributed by atoms with E-state index in [1.165, 1.54) is 0 Å². The Morgan fingerprint density at radius 3 is 2.35 bits per heavy atom. The summed E-state index contributed by atoms with van der Waals surface area (Å²) in [6, 6.07) is 13.3. The maximum Gasteiger partial charge on any atom is 0.323 e. The third-order valence-corrected chi connectivity index (χ3v) is 8.96. The fraction of sp³-hybridized carbons (Fsp3) is 0.286.